The van der Waals surface area contributed by atoms with Crippen molar-refractivity contribution < 1.29 is 0 Å². The molecule has 1 aliphatic heterocycles. The monoisotopic (exact) mass is 381 g/mol. The highest BCUT2D eigenvalue weighted by molar-refractivity contribution is 5.37. The van der Waals surface area contributed by atoms with Crippen LogP contribution in [0.5, 0.6) is 0 Å². The Morgan fingerprint density at radius 3 is 2.57 bits per heavy atom. The number of nitrogens with zero attached hydrogens (tertiary/aromatic N) is 7. The van der Waals surface area contributed by atoms with Crippen LogP contribution >= 0.6 is 0 Å². The molecule has 0 saturated carbocycles. The normalized spacial score (nSPS) is 16.7. The number of hydrogen-bond acceptors (Lipinski definition) is 6. The van der Waals surface area contributed by atoms with E-state index in [0.29, 0.717) is 5.92 Å². The summed E-state index contributed by atoms with van der Waals surface area (Å²) >= 11 is 0. The number of rotatable bonds is 3. The number of likely N-dealkylation sites (tertiary alicyclic amines) is 1. The lowest BCUT2D eigenvalue weighted by atomic mass is 9.92. The van der Waals surface area contributed by atoms with Crippen LogP contribution in [0.25, 0.3) is 5.65 Å². The maximum atomic E-state index is 11.8. The van der Waals surface area contributed by atoms with E-state index in [1.165, 1.54) is 6.20 Å². The number of fused-ring (bicyclic) bond motifs is 1. The van der Waals surface area contributed by atoms with Crippen LogP contribution in [-0.4, -0.2) is 47.4 Å². The average Bonchev–Trinajstić information content (AvgIpc) is 3.09. The lowest BCUT2D eigenvalue weighted by Gasteiger charge is -2.31. The molecule has 3 aromatic heterocycles. The molecule has 8 heteroatoms. The SMILES string of the molecule is Cn1c(CN2CCC(c3nnc4ccc(C(C)(C)C)nn34)CC2)cncc1=O. The maximum Gasteiger partial charge on any atom is 0.268 e. The van der Waals surface area contributed by atoms with E-state index in [2.05, 4.69) is 40.9 Å². The van der Waals surface area contributed by atoms with Crippen LogP contribution in [0.1, 0.15) is 56.7 Å². The van der Waals surface area contributed by atoms with Crippen LogP contribution in [0.2, 0.25) is 0 Å². The predicted octanol–water partition coefficient (Wildman–Crippen LogP) is 1.90. The summed E-state index contributed by atoms with van der Waals surface area (Å²) in [5, 5.41) is 13.6. The summed E-state index contributed by atoms with van der Waals surface area (Å²) in [5.74, 6) is 1.29. The van der Waals surface area contributed by atoms with E-state index in [1.54, 1.807) is 17.8 Å². The van der Waals surface area contributed by atoms with E-state index in [1.807, 2.05) is 16.6 Å². The molecule has 0 N–H and O–H groups in total. The van der Waals surface area contributed by atoms with Gasteiger partial charge in [-0.2, -0.15) is 9.61 Å². The van der Waals surface area contributed by atoms with E-state index in [4.69, 9.17) is 5.10 Å². The Morgan fingerprint density at radius 1 is 1.11 bits per heavy atom. The van der Waals surface area contributed by atoms with Crippen molar-refractivity contribution in [3.8, 4) is 0 Å². The minimum absolute atomic E-state index is 0.0151. The van der Waals surface area contributed by atoms with Gasteiger partial charge in [-0.1, -0.05) is 20.8 Å². The highest BCUT2D eigenvalue weighted by atomic mass is 16.1. The first-order valence-electron chi connectivity index (χ1n) is 9.78. The molecule has 0 atom stereocenters. The van der Waals surface area contributed by atoms with Crippen LogP contribution in [-0.2, 0) is 19.0 Å². The molecule has 0 unspecified atom stereocenters. The minimum atomic E-state index is -0.0666. The molecule has 1 saturated heterocycles. The van der Waals surface area contributed by atoms with Gasteiger partial charge in [-0.15, -0.1) is 10.2 Å². The van der Waals surface area contributed by atoms with Gasteiger partial charge in [-0.05, 0) is 38.1 Å². The summed E-state index contributed by atoms with van der Waals surface area (Å²) in [4.78, 5) is 18.2. The summed E-state index contributed by atoms with van der Waals surface area (Å²) < 4.78 is 3.59. The second-order valence-corrected chi connectivity index (χ2v) is 8.64. The number of hydrogen-bond donors (Lipinski definition) is 0. The van der Waals surface area contributed by atoms with E-state index in [-0.39, 0.29) is 11.0 Å². The number of piperidine rings is 1. The summed E-state index contributed by atoms with van der Waals surface area (Å²) in [7, 11) is 1.80. The average molecular weight is 381 g/mol. The first-order chi connectivity index (χ1) is 13.3. The zero-order chi connectivity index (χ0) is 19.9. The van der Waals surface area contributed by atoms with E-state index in [0.717, 1.165) is 55.3 Å². The molecule has 0 spiro atoms. The Bertz CT molecular complexity index is 1040. The third-order valence-electron chi connectivity index (χ3n) is 5.56. The topological polar surface area (TPSA) is 81.2 Å². The highest BCUT2D eigenvalue weighted by Crippen LogP contribution is 2.28. The highest BCUT2D eigenvalue weighted by Gasteiger charge is 2.26. The Morgan fingerprint density at radius 2 is 1.86 bits per heavy atom. The van der Waals surface area contributed by atoms with Crippen molar-refractivity contribution in [3.63, 3.8) is 0 Å². The van der Waals surface area contributed by atoms with Crippen molar-refractivity contribution in [1.82, 2.24) is 34.3 Å². The third-order valence-corrected chi connectivity index (χ3v) is 5.56. The smallest absolute Gasteiger partial charge is 0.268 e. The van der Waals surface area contributed by atoms with Crippen LogP contribution in [0.3, 0.4) is 0 Å². The fourth-order valence-electron chi connectivity index (χ4n) is 3.69. The first-order valence-corrected chi connectivity index (χ1v) is 9.78. The zero-order valence-electron chi connectivity index (χ0n) is 17.0. The largest absolute Gasteiger partial charge is 0.312 e. The molecule has 1 fully saturated rings. The summed E-state index contributed by atoms with van der Waals surface area (Å²) in [6.45, 7) is 9.11. The van der Waals surface area contributed by atoms with Crippen molar-refractivity contribution >= 4 is 5.65 Å². The summed E-state index contributed by atoms with van der Waals surface area (Å²) in [5.41, 5.74) is 2.70. The van der Waals surface area contributed by atoms with Crippen LogP contribution in [0, 0.1) is 0 Å². The molecule has 4 heterocycles. The predicted molar refractivity (Wildman–Crippen MR) is 106 cm³/mol. The summed E-state index contributed by atoms with van der Waals surface area (Å²) in [6.07, 6.45) is 5.12. The second kappa shape index (κ2) is 7.09. The van der Waals surface area contributed by atoms with Crippen LogP contribution in [0.4, 0.5) is 0 Å². The molecule has 1 aliphatic rings. The Kier molecular flexibility index (Phi) is 4.74. The molecule has 0 amide bonds. The van der Waals surface area contributed by atoms with Gasteiger partial charge in [0, 0.05) is 31.1 Å². The lowest BCUT2D eigenvalue weighted by Crippen LogP contribution is -2.35. The quantitative estimate of drug-likeness (QED) is 0.689. The van der Waals surface area contributed by atoms with Gasteiger partial charge in [0.05, 0.1) is 17.6 Å². The molecule has 8 nitrogen and oxygen atoms in total. The van der Waals surface area contributed by atoms with Crippen molar-refractivity contribution in [2.45, 2.75) is 51.5 Å². The lowest BCUT2D eigenvalue weighted by molar-refractivity contribution is 0.196. The van der Waals surface area contributed by atoms with Gasteiger partial charge in [0.15, 0.2) is 11.5 Å². The van der Waals surface area contributed by atoms with E-state index < -0.39 is 0 Å². The molecule has 4 rings (SSSR count). The molecular weight excluding hydrogens is 354 g/mol. The fourth-order valence-corrected chi connectivity index (χ4v) is 3.69. The van der Waals surface area contributed by atoms with Crippen molar-refractivity contribution in [2.24, 2.45) is 7.05 Å². The van der Waals surface area contributed by atoms with E-state index in [9.17, 15) is 4.79 Å². The standard InChI is InChI=1S/C20H27N7O/c1-20(2,3)16-5-6-17-22-23-19(27(17)24-16)14-7-9-26(10-8-14)13-15-11-21-12-18(28)25(15)4/h5-6,11-12,14H,7-10,13H2,1-4H3. The molecule has 0 aliphatic carbocycles. The first kappa shape index (κ1) is 18.7. The molecule has 0 aromatic carbocycles. The molecule has 3 aromatic rings. The van der Waals surface area contributed by atoms with Crippen molar-refractivity contribution in [3.05, 3.63) is 52.1 Å². The second-order valence-electron chi connectivity index (χ2n) is 8.64. The van der Waals surface area contributed by atoms with Gasteiger partial charge in [-0.25, -0.2) is 0 Å². The zero-order valence-corrected chi connectivity index (χ0v) is 17.0. The van der Waals surface area contributed by atoms with Crippen molar-refractivity contribution in [1.29, 1.82) is 0 Å². The van der Waals surface area contributed by atoms with E-state index >= 15 is 0 Å². The minimum Gasteiger partial charge on any atom is -0.312 e. The van der Waals surface area contributed by atoms with Gasteiger partial charge in [0.25, 0.3) is 5.56 Å². The van der Waals surface area contributed by atoms with Crippen LogP contribution < -0.4 is 5.56 Å². The van der Waals surface area contributed by atoms with Gasteiger partial charge in [-0.3, -0.25) is 14.7 Å². The Balaban J connectivity index is 1.49. The molecule has 0 radical (unpaired) electrons. The molecule has 28 heavy (non-hydrogen) atoms. The fraction of sp³-hybridized carbons (Fsp3) is 0.550. The van der Waals surface area contributed by atoms with Gasteiger partial charge in [0.1, 0.15) is 0 Å². The van der Waals surface area contributed by atoms with Gasteiger partial charge < -0.3 is 4.57 Å². The molecule has 0 bridgehead atoms. The van der Waals surface area contributed by atoms with Crippen molar-refractivity contribution in [2.75, 3.05) is 13.1 Å². The third kappa shape index (κ3) is 3.56. The van der Waals surface area contributed by atoms with Crippen LogP contribution in [0.15, 0.2) is 29.3 Å². The maximum absolute atomic E-state index is 11.8. The van der Waals surface area contributed by atoms with Gasteiger partial charge in [0.2, 0.25) is 0 Å². The molecule has 148 valence electrons. The molecular formula is C20H27N7O. The Hall–Kier alpha value is -2.61. The van der Waals surface area contributed by atoms with Gasteiger partial charge >= 0.3 is 0 Å². The number of aromatic nitrogens is 6. The Labute approximate surface area is 164 Å². The summed E-state index contributed by atoms with van der Waals surface area (Å²) in [6, 6.07) is 4.04.